The van der Waals surface area contributed by atoms with Crippen LogP contribution < -0.4 is 5.32 Å². The smallest absolute Gasteiger partial charge is 0.223 e. The second-order valence-electron chi connectivity index (χ2n) is 5.59. The molecule has 1 heterocycles. The van der Waals surface area contributed by atoms with Crippen molar-refractivity contribution in [1.82, 2.24) is 9.97 Å². The number of hydrogen-bond acceptors (Lipinski definition) is 4. The fraction of sp³-hybridized carbons (Fsp3) is 0.733. The molecule has 0 saturated heterocycles. The third kappa shape index (κ3) is 3.85. The van der Waals surface area contributed by atoms with E-state index in [-0.39, 0.29) is 0 Å². The number of hydrogen-bond donors (Lipinski definition) is 1. The van der Waals surface area contributed by atoms with Crippen molar-refractivity contribution in [3.8, 4) is 0 Å². The summed E-state index contributed by atoms with van der Waals surface area (Å²) < 4.78 is 0. The molecule has 2 atom stereocenters. The zero-order valence-electron chi connectivity index (χ0n) is 12.4. The fourth-order valence-corrected chi connectivity index (χ4v) is 3.82. The van der Waals surface area contributed by atoms with Crippen molar-refractivity contribution in [2.24, 2.45) is 0 Å². The average Bonchev–Trinajstić information content (AvgIpc) is 2.76. The van der Waals surface area contributed by atoms with E-state index in [0.717, 1.165) is 22.6 Å². The summed E-state index contributed by atoms with van der Waals surface area (Å²) in [6, 6.07) is 2.62. The highest BCUT2D eigenvalue weighted by Gasteiger charge is 2.27. The average molecular weight is 279 g/mol. The fourth-order valence-electron chi connectivity index (χ4n) is 2.62. The van der Waals surface area contributed by atoms with Crippen LogP contribution in [0.2, 0.25) is 0 Å². The van der Waals surface area contributed by atoms with E-state index >= 15 is 0 Å². The molecule has 0 radical (unpaired) electrons. The zero-order valence-corrected chi connectivity index (χ0v) is 13.3. The SMILES string of the molecule is CCSC1CCCC1Nc1nc(C)cc(C(C)C)n1. The van der Waals surface area contributed by atoms with Crippen molar-refractivity contribution in [1.29, 1.82) is 0 Å². The van der Waals surface area contributed by atoms with Crippen LogP contribution in [0.1, 0.15) is 57.3 Å². The van der Waals surface area contributed by atoms with Gasteiger partial charge >= 0.3 is 0 Å². The molecule has 1 aromatic heterocycles. The normalized spacial score (nSPS) is 23.0. The summed E-state index contributed by atoms with van der Waals surface area (Å²) in [5.74, 6) is 2.46. The van der Waals surface area contributed by atoms with Crippen LogP contribution >= 0.6 is 11.8 Å². The minimum absolute atomic E-state index is 0.451. The van der Waals surface area contributed by atoms with Crippen LogP contribution in [0.4, 0.5) is 5.95 Å². The van der Waals surface area contributed by atoms with Gasteiger partial charge in [-0.3, -0.25) is 0 Å². The van der Waals surface area contributed by atoms with Crippen LogP contribution in [-0.4, -0.2) is 27.0 Å². The maximum absolute atomic E-state index is 4.66. The molecule has 1 fully saturated rings. The number of aromatic nitrogens is 2. The van der Waals surface area contributed by atoms with Crippen LogP contribution in [0.5, 0.6) is 0 Å². The molecule has 3 nitrogen and oxygen atoms in total. The predicted octanol–water partition coefficient (Wildman–Crippen LogP) is 3.99. The second-order valence-corrected chi connectivity index (χ2v) is 7.10. The summed E-state index contributed by atoms with van der Waals surface area (Å²) in [6.45, 7) is 8.64. The summed E-state index contributed by atoms with van der Waals surface area (Å²) >= 11 is 2.06. The van der Waals surface area contributed by atoms with Gasteiger partial charge in [0.05, 0.1) is 0 Å². The second kappa shape index (κ2) is 6.60. The van der Waals surface area contributed by atoms with Gasteiger partial charge in [0.1, 0.15) is 0 Å². The van der Waals surface area contributed by atoms with Gasteiger partial charge in [-0.25, -0.2) is 9.97 Å². The molecule has 19 heavy (non-hydrogen) atoms. The number of nitrogens with one attached hydrogen (secondary N) is 1. The molecular formula is C15H25N3S. The van der Waals surface area contributed by atoms with Gasteiger partial charge in [-0.2, -0.15) is 11.8 Å². The first kappa shape index (κ1) is 14.6. The molecule has 0 aromatic carbocycles. The van der Waals surface area contributed by atoms with Crippen molar-refractivity contribution in [2.75, 3.05) is 11.1 Å². The van der Waals surface area contributed by atoms with Crippen molar-refractivity contribution < 1.29 is 0 Å². The summed E-state index contributed by atoms with van der Waals surface area (Å²) in [7, 11) is 0. The Balaban J connectivity index is 2.09. The van der Waals surface area contributed by atoms with Crippen LogP contribution in [0.25, 0.3) is 0 Å². The van der Waals surface area contributed by atoms with Crippen molar-refractivity contribution in [3.05, 3.63) is 17.5 Å². The van der Waals surface area contributed by atoms with E-state index in [1.54, 1.807) is 0 Å². The third-order valence-corrected chi connectivity index (χ3v) is 4.94. The van der Waals surface area contributed by atoms with Crippen LogP contribution in [0, 0.1) is 6.92 Å². The van der Waals surface area contributed by atoms with E-state index in [4.69, 9.17) is 0 Å². The largest absolute Gasteiger partial charge is 0.350 e. The van der Waals surface area contributed by atoms with Gasteiger partial charge in [0, 0.05) is 22.7 Å². The lowest BCUT2D eigenvalue weighted by Gasteiger charge is -2.20. The Morgan fingerprint density at radius 1 is 1.37 bits per heavy atom. The molecule has 0 bridgehead atoms. The molecule has 0 spiro atoms. The van der Waals surface area contributed by atoms with E-state index in [9.17, 15) is 0 Å². The van der Waals surface area contributed by atoms with Gasteiger partial charge in [-0.15, -0.1) is 0 Å². The lowest BCUT2D eigenvalue weighted by atomic mass is 10.1. The van der Waals surface area contributed by atoms with Crippen molar-refractivity contribution >= 4 is 17.7 Å². The molecule has 1 aliphatic rings. The van der Waals surface area contributed by atoms with Crippen LogP contribution in [0.3, 0.4) is 0 Å². The highest BCUT2D eigenvalue weighted by Crippen LogP contribution is 2.31. The molecule has 2 rings (SSSR count). The lowest BCUT2D eigenvalue weighted by molar-refractivity contribution is 0.743. The van der Waals surface area contributed by atoms with Gasteiger partial charge in [-0.1, -0.05) is 27.2 Å². The first-order chi connectivity index (χ1) is 9.10. The van der Waals surface area contributed by atoms with Crippen LogP contribution in [0.15, 0.2) is 6.07 Å². The van der Waals surface area contributed by atoms with E-state index in [0.29, 0.717) is 12.0 Å². The summed E-state index contributed by atoms with van der Waals surface area (Å²) in [5.41, 5.74) is 2.19. The van der Waals surface area contributed by atoms with Gasteiger partial charge in [0.2, 0.25) is 5.95 Å². The van der Waals surface area contributed by atoms with Gasteiger partial charge in [-0.05, 0) is 37.5 Å². The molecule has 1 N–H and O–H groups in total. The summed E-state index contributed by atoms with van der Waals surface area (Å²) in [4.78, 5) is 9.20. The molecule has 0 amide bonds. The maximum Gasteiger partial charge on any atom is 0.223 e. The minimum atomic E-state index is 0.451. The molecule has 1 saturated carbocycles. The number of thioether (sulfide) groups is 1. The molecule has 4 heteroatoms. The van der Waals surface area contributed by atoms with Crippen molar-refractivity contribution in [2.45, 2.75) is 64.2 Å². The highest BCUT2D eigenvalue weighted by atomic mass is 32.2. The Kier molecular flexibility index (Phi) is 5.08. The monoisotopic (exact) mass is 279 g/mol. The quantitative estimate of drug-likeness (QED) is 0.884. The Labute approximate surface area is 121 Å². The van der Waals surface area contributed by atoms with Gasteiger partial charge in [0.15, 0.2) is 0 Å². The highest BCUT2D eigenvalue weighted by molar-refractivity contribution is 7.99. The molecule has 106 valence electrons. The predicted molar refractivity (Wildman–Crippen MR) is 84.0 cm³/mol. The van der Waals surface area contributed by atoms with E-state index < -0.39 is 0 Å². The molecule has 0 aliphatic heterocycles. The van der Waals surface area contributed by atoms with E-state index in [1.165, 1.54) is 25.0 Å². The minimum Gasteiger partial charge on any atom is -0.350 e. The Morgan fingerprint density at radius 3 is 2.84 bits per heavy atom. The molecular weight excluding hydrogens is 254 g/mol. The Hall–Kier alpha value is -0.770. The number of aryl methyl sites for hydroxylation is 1. The Bertz CT molecular complexity index is 420. The van der Waals surface area contributed by atoms with E-state index in [2.05, 4.69) is 53.9 Å². The standard InChI is InChI=1S/C15H25N3S/c1-5-19-14-8-6-7-12(14)17-15-16-11(4)9-13(18-15)10(2)3/h9-10,12,14H,5-8H2,1-4H3,(H,16,17,18). The Morgan fingerprint density at radius 2 is 2.16 bits per heavy atom. The zero-order chi connectivity index (χ0) is 13.8. The molecule has 1 aromatic rings. The maximum atomic E-state index is 4.66. The topological polar surface area (TPSA) is 37.8 Å². The van der Waals surface area contributed by atoms with E-state index in [1.807, 2.05) is 6.92 Å². The number of anilines is 1. The lowest BCUT2D eigenvalue weighted by Crippen LogP contribution is -2.27. The first-order valence-electron chi connectivity index (χ1n) is 7.34. The first-order valence-corrected chi connectivity index (χ1v) is 8.38. The van der Waals surface area contributed by atoms with Crippen molar-refractivity contribution in [3.63, 3.8) is 0 Å². The summed E-state index contributed by atoms with van der Waals surface area (Å²) in [6.07, 6.45) is 3.88. The third-order valence-electron chi connectivity index (χ3n) is 3.61. The van der Waals surface area contributed by atoms with Crippen LogP contribution in [-0.2, 0) is 0 Å². The number of nitrogens with zero attached hydrogens (tertiary/aromatic N) is 2. The van der Waals surface area contributed by atoms with Gasteiger partial charge < -0.3 is 5.32 Å². The summed E-state index contributed by atoms with van der Waals surface area (Å²) in [5, 5.41) is 4.29. The molecule has 2 unspecified atom stereocenters. The number of rotatable bonds is 5. The van der Waals surface area contributed by atoms with Gasteiger partial charge in [0.25, 0.3) is 0 Å². The molecule has 1 aliphatic carbocycles.